The minimum Gasteiger partial charge on any atom is -0.497 e. The summed E-state index contributed by atoms with van der Waals surface area (Å²) in [5.41, 5.74) is 3.48. The molecule has 4 heteroatoms. The molecule has 2 aromatic rings. The minimum absolute atomic E-state index is 0.393. The van der Waals surface area contributed by atoms with Crippen LogP contribution in [0.3, 0.4) is 0 Å². The molecule has 0 saturated heterocycles. The van der Waals surface area contributed by atoms with Crippen molar-refractivity contribution in [2.24, 2.45) is 5.92 Å². The summed E-state index contributed by atoms with van der Waals surface area (Å²) < 4.78 is 10.5. The number of hydrogen-bond acceptors (Lipinski definition) is 4. The van der Waals surface area contributed by atoms with E-state index in [-0.39, 0.29) is 0 Å². The molecule has 0 aliphatic heterocycles. The van der Waals surface area contributed by atoms with E-state index >= 15 is 0 Å². The monoisotopic (exact) mass is 286 g/mol. The van der Waals surface area contributed by atoms with Crippen molar-refractivity contribution in [3.8, 4) is 5.75 Å². The van der Waals surface area contributed by atoms with Crippen molar-refractivity contribution in [3.63, 3.8) is 0 Å². The predicted octanol–water partition coefficient (Wildman–Crippen LogP) is 3.54. The molecule has 0 amide bonds. The van der Waals surface area contributed by atoms with Crippen LogP contribution in [0.1, 0.15) is 41.5 Å². The van der Waals surface area contributed by atoms with Crippen LogP contribution in [-0.2, 0) is 6.54 Å². The van der Waals surface area contributed by atoms with E-state index in [1.54, 1.807) is 7.11 Å². The number of aromatic nitrogens is 1. The minimum atomic E-state index is 0.393. The number of benzene rings is 1. The Morgan fingerprint density at radius 3 is 2.52 bits per heavy atom. The van der Waals surface area contributed by atoms with Crippen molar-refractivity contribution in [1.29, 1.82) is 0 Å². The van der Waals surface area contributed by atoms with Gasteiger partial charge in [-0.25, -0.2) is 0 Å². The maximum atomic E-state index is 5.23. The van der Waals surface area contributed by atoms with Gasteiger partial charge in [0.25, 0.3) is 0 Å². The molecule has 0 spiro atoms. The first kappa shape index (κ1) is 14.1. The normalized spacial score (nSPS) is 16.0. The van der Waals surface area contributed by atoms with Gasteiger partial charge in [-0.3, -0.25) is 0 Å². The topological polar surface area (TPSA) is 47.3 Å². The molecule has 1 aliphatic rings. The number of nitrogens with one attached hydrogen (secondary N) is 1. The van der Waals surface area contributed by atoms with Gasteiger partial charge in [-0.2, -0.15) is 0 Å². The number of rotatable bonds is 6. The third kappa shape index (κ3) is 3.10. The second kappa shape index (κ2) is 5.90. The maximum absolute atomic E-state index is 5.23. The molecular formula is C17H22N2O2. The highest BCUT2D eigenvalue weighted by atomic mass is 16.5. The van der Waals surface area contributed by atoms with Gasteiger partial charge >= 0.3 is 0 Å². The van der Waals surface area contributed by atoms with E-state index in [1.165, 1.54) is 24.0 Å². The summed E-state index contributed by atoms with van der Waals surface area (Å²) in [5.74, 6) is 2.54. The van der Waals surface area contributed by atoms with Gasteiger partial charge < -0.3 is 14.6 Å². The van der Waals surface area contributed by atoms with Gasteiger partial charge in [0.1, 0.15) is 11.5 Å². The largest absolute Gasteiger partial charge is 0.497 e. The molecule has 1 aromatic carbocycles. The summed E-state index contributed by atoms with van der Waals surface area (Å²) in [6.07, 6.45) is 2.59. The van der Waals surface area contributed by atoms with Gasteiger partial charge in [-0.15, -0.1) is 0 Å². The Balaban J connectivity index is 1.72. The number of ether oxygens (including phenoxy) is 1. The van der Waals surface area contributed by atoms with Crippen LogP contribution in [0.15, 0.2) is 28.8 Å². The first-order chi connectivity index (χ1) is 10.2. The van der Waals surface area contributed by atoms with Gasteiger partial charge in [0.15, 0.2) is 0 Å². The highest BCUT2D eigenvalue weighted by molar-refractivity contribution is 5.30. The van der Waals surface area contributed by atoms with Crippen LogP contribution < -0.4 is 10.1 Å². The van der Waals surface area contributed by atoms with Gasteiger partial charge in [-0.05, 0) is 50.3 Å². The third-order valence-electron chi connectivity index (χ3n) is 4.25. The van der Waals surface area contributed by atoms with Crippen molar-refractivity contribution in [2.75, 3.05) is 7.11 Å². The van der Waals surface area contributed by atoms with Gasteiger partial charge in [-0.1, -0.05) is 17.3 Å². The van der Waals surface area contributed by atoms with E-state index < -0.39 is 0 Å². The van der Waals surface area contributed by atoms with Crippen LogP contribution in [0.5, 0.6) is 5.75 Å². The van der Waals surface area contributed by atoms with Crippen LogP contribution in [0.25, 0.3) is 0 Å². The van der Waals surface area contributed by atoms with E-state index in [9.17, 15) is 0 Å². The second-order valence-corrected chi connectivity index (χ2v) is 5.77. The molecule has 3 rings (SSSR count). The van der Waals surface area contributed by atoms with Crippen molar-refractivity contribution in [2.45, 2.75) is 39.3 Å². The zero-order valence-electron chi connectivity index (χ0n) is 12.8. The summed E-state index contributed by atoms with van der Waals surface area (Å²) in [5, 5.41) is 7.70. The lowest BCUT2D eigenvalue weighted by atomic mass is 10.0. The Labute approximate surface area is 125 Å². The summed E-state index contributed by atoms with van der Waals surface area (Å²) in [6, 6.07) is 8.76. The van der Waals surface area contributed by atoms with E-state index in [0.717, 1.165) is 29.7 Å². The van der Waals surface area contributed by atoms with Crippen LogP contribution in [0.4, 0.5) is 0 Å². The number of nitrogens with zero attached hydrogens (tertiary/aromatic N) is 1. The molecule has 0 radical (unpaired) electrons. The molecule has 1 atom stereocenters. The fraction of sp³-hybridized carbons (Fsp3) is 0.471. The molecule has 21 heavy (non-hydrogen) atoms. The molecule has 112 valence electrons. The molecule has 1 heterocycles. The fourth-order valence-electron chi connectivity index (χ4n) is 2.76. The Kier molecular flexibility index (Phi) is 3.97. The van der Waals surface area contributed by atoms with Gasteiger partial charge in [0.2, 0.25) is 0 Å². The van der Waals surface area contributed by atoms with Gasteiger partial charge in [0.05, 0.1) is 12.8 Å². The number of methoxy groups -OCH3 is 1. The second-order valence-electron chi connectivity index (χ2n) is 5.77. The van der Waals surface area contributed by atoms with Crippen LogP contribution >= 0.6 is 0 Å². The van der Waals surface area contributed by atoms with Crippen LogP contribution in [0, 0.1) is 19.8 Å². The Morgan fingerprint density at radius 1 is 1.29 bits per heavy atom. The Hall–Kier alpha value is -1.81. The average molecular weight is 286 g/mol. The lowest BCUT2D eigenvalue weighted by Crippen LogP contribution is -2.23. The average Bonchev–Trinajstić information content (AvgIpc) is 3.29. The van der Waals surface area contributed by atoms with E-state index in [1.807, 2.05) is 26.0 Å². The molecule has 0 bridgehead atoms. The highest BCUT2D eigenvalue weighted by Crippen LogP contribution is 2.41. The quantitative estimate of drug-likeness (QED) is 0.882. The number of aryl methyl sites for hydroxylation is 2. The van der Waals surface area contributed by atoms with Crippen molar-refractivity contribution in [1.82, 2.24) is 10.5 Å². The van der Waals surface area contributed by atoms with E-state index in [0.29, 0.717) is 6.04 Å². The first-order valence-electron chi connectivity index (χ1n) is 7.48. The Bertz CT molecular complexity index is 580. The van der Waals surface area contributed by atoms with E-state index in [2.05, 4.69) is 22.6 Å². The van der Waals surface area contributed by atoms with Crippen molar-refractivity contribution >= 4 is 0 Å². The Morgan fingerprint density at radius 2 is 2.00 bits per heavy atom. The lowest BCUT2D eigenvalue weighted by molar-refractivity contribution is 0.391. The molecule has 4 nitrogen and oxygen atoms in total. The lowest BCUT2D eigenvalue weighted by Gasteiger charge is -2.19. The molecule has 1 fully saturated rings. The van der Waals surface area contributed by atoms with Crippen molar-refractivity contribution < 1.29 is 9.26 Å². The smallest absolute Gasteiger partial charge is 0.138 e. The summed E-state index contributed by atoms with van der Waals surface area (Å²) in [4.78, 5) is 0. The summed E-state index contributed by atoms with van der Waals surface area (Å²) in [7, 11) is 1.70. The molecular weight excluding hydrogens is 264 g/mol. The zero-order valence-corrected chi connectivity index (χ0v) is 12.8. The molecule has 1 unspecified atom stereocenters. The van der Waals surface area contributed by atoms with E-state index in [4.69, 9.17) is 9.26 Å². The molecule has 1 aliphatic carbocycles. The molecule has 1 N–H and O–H groups in total. The fourth-order valence-corrected chi connectivity index (χ4v) is 2.76. The number of hydrogen-bond donors (Lipinski definition) is 1. The zero-order chi connectivity index (χ0) is 14.8. The first-order valence-corrected chi connectivity index (χ1v) is 7.48. The maximum Gasteiger partial charge on any atom is 0.138 e. The standard InChI is InChI=1S/C17H22N2O2/c1-11-16(12(2)21-19-11)10-18-17(13-4-5-13)14-6-8-15(20-3)9-7-14/h6-9,13,17-18H,4-5,10H2,1-3H3. The summed E-state index contributed by atoms with van der Waals surface area (Å²) >= 11 is 0. The van der Waals surface area contributed by atoms with Crippen LogP contribution in [0.2, 0.25) is 0 Å². The SMILES string of the molecule is COc1ccc(C(NCc2c(C)noc2C)C2CC2)cc1. The van der Waals surface area contributed by atoms with Crippen LogP contribution in [-0.4, -0.2) is 12.3 Å². The molecule has 1 aromatic heterocycles. The third-order valence-corrected chi connectivity index (χ3v) is 4.25. The predicted molar refractivity (Wildman–Crippen MR) is 81.3 cm³/mol. The van der Waals surface area contributed by atoms with Crippen molar-refractivity contribution in [3.05, 3.63) is 46.8 Å². The molecule has 1 saturated carbocycles. The summed E-state index contributed by atoms with van der Waals surface area (Å²) in [6.45, 7) is 4.76. The highest BCUT2D eigenvalue weighted by Gasteiger charge is 2.32. The van der Waals surface area contributed by atoms with Gasteiger partial charge in [0, 0.05) is 18.2 Å².